The quantitative estimate of drug-likeness (QED) is 0.903. The van der Waals surface area contributed by atoms with Crippen molar-refractivity contribution in [2.45, 2.75) is 32.2 Å². The van der Waals surface area contributed by atoms with Gasteiger partial charge >= 0.3 is 0 Å². The topological polar surface area (TPSA) is 24.9 Å². The van der Waals surface area contributed by atoms with Crippen molar-refractivity contribution < 1.29 is 0 Å². The van der Waals surface area contributed by atoms with E-state index in [2.05, 4.69) is 67.5 Å². The minimum atomic E-state index is 0.199. The first-order valence-electron chi connectivity index (χ1n) is 6.70. The third-order valence-electron chi connectivity index (χ3n) is 3.44. The zero-order valence-corrected chi connectivity index (χ0v) is 12.1. The third kappa shape index (κ3) is 3.21. The Bertz CT molecular complexity index is 509. The van der Waals surface area contributed by atoms with E-state index in [0.29, 0.717) is 0 Å². The molecule has 2 heteroatoms. The maximum Gasteiger partial charge on any atom is 0.0575 e. The minimum Gasteiger partial charge on any atom is -0.309 e. The molecule has 0 aliphatic heterocycles. The van der Waals surface area contributed by atoms with Crippen molar-refractivity contribution in [3.8, 4) is 0 Å². The molecule has 0 aliphatic rings. The molecule has 0 fully saturated rings. The Morgan fingerprint density at radius 1 is 0.895 bits per heavy atom. The van der Waals surface area contributed by atoms with Crippen LogP contribution < -0.4 is 5.32 Å². The van der Waals surface area contributed by atoms with E-state index >= 15 is 0 Å². The van der Waals surface area contributed by atoms with Crippen LogP contribution in [0, 0.1) is 0 Å². The van der Waals surface area contributed by atoms with Gasteiger partial charge in [0.25, 0.3) is 0 Å². The number of nitrogens with one attached hydrogen (secondary N) is 1. The second kappa shape index (κ2) is 5.54. The minimum absolute atomic E-state index is 0.199. The molecule has 0 spiro atoms. The van der Waals surface area contributed by atoms with Crippen LogP contribution in [0.1, 0.15) is 43.5 Å². The lowest BCUT2D eigenvalue weighted by molar-refractivity contribution is 0.589. The summed E-state index contributed by atoms with van der Waals surface area (Å²) in [6, 6.07) is 13.2. The molecule has 1 heterocycles. The Hall–Kier alpha value is -1.67. The van der Waals surface area contributed by atoms with E-state index < -0.39 is 0 Å². The Labute approximate surface area is 115 Å². The van der Waals surface area contributed by atoms with Crippen molar-refractivity contribution in [1.82, 2.24) is 10.3 Å². The maximum absolute atomic E-state index is 4.07. The van der Waals surface area contributed by atoms with Crippen LogP contribution in [0.5, 0.6) is 0 Å². The summed E-state index contributed by atoms with van der Waals surface area (Å²) >= 11 is 0. The second-order valence-corrected chi connectivity index (χ2v) is 5.87. The van der Waals surface area contributed by atoms with Crippen molar-refractivity contribution >= 4 is 0 Å². The van der Waals surface area contributed by atoms with E-state index in [0.717, 1.165) is 0 Å². The van der Waals surface area contributed by atoms with E-state index in [-0.39, 0.29) is 11.5 Å². The van der Waals surface area contributed by atoms with E-state index in [4.69, 9.17) is 0 Å². The van der Waals surface area contributed by atoms with Crippen molar-refractivity contribution in [1.29, 1.82) is 0 Å². The average Bonchev–Trinajstić information content (AvgIpc) is 2.40. The average molecular weight is 254 g/mol. The molecule has 0 amide bonds. The van der Waals surface area contributed by atoms with Gasteiger partial charge in [-0.2, -0.15) is 0 Å². The van der Waals surface area contributed by atoms with Crippen LogP contribution in [-0.2, 0) is 5.41 Å². The molecule has 1 aromatic heterocycles. The molecule has 2 aromatic rings. The van der Waals surface area contributed by atoms with E-state index in [9.17, 15) is 0 Å². The summed E-state index contributed by atoms with van der Waals surface area (Å²) < 4.78 is 0. The van der Waals surface area contributed by atoms with Crippen molar-refractivity contribution in [2.24, 2.45) is 0 Å². The van der Waals surface area contributed by atoms with Crippen molar-refractivity contribution in [3.05, 3.63) is 65.5 Å². The molecule has 19 heavy (non-hydrogen) atoms. The van der Waals surface area contributed by atoms with E-state index in [1.807, 2.05) is 19.4 Å². The first-order valence-corrected chi connectivity index (χ1v) is 6.70. The highest BCUT2D eigenvalue weighted by molar-refractivity contribution is 5.34. The lowest BCUT2D eigenvalue weighted by Gasteiger charge is -2.21. The lowest BCUT2D eigenvalue weighted by Crippen LogP contribution is -2.18. The van der Waals surface area contributed by atoms with Gasteiger partial charge < -0.3 is 5.32 Å². The summed E-state index contributed by atoms with van der Waals surface area (Å²) in [5.74, 6) is 0. The zero-order valence-electron chi connectivity index (χ0n) is 12.1. The molecule has 1 atom stereocenters. The summed E-state index contributed by atoms with van der Waals surface area (Å²) in [5, 5.41) is 3.37. The van der Waals surface area contributed by atoms with Crippen LogP contribution in [0.2, 0.25) is 0 Å². The number of rotatable bonds is 3. The SMILES string of the molecule is CNC(c1ccncc1)c1ccc(C(C)(C)C)cc1. The normalized spacial score (nSPS) is 13.3. The first-order chi connectivity index (χ1) is 9.02. The van der Waals surface area contributed by atoms with Gasteiger partial charge in [-0.15, -0.1) is 0 Å². The second-order valence-electron chi connectivity index (χ2n) is 5.87. The molecule has 0 saturated carbocycles. The van der Waals surface area contributed by atoms with Crippen LogP contribution in [0.3, 0.4) is 0 Å². The number of aromatic nitrogens is 1. The van der Waals surface area contributed by atoms with Gasteiger partial charge in [0.15, 0.2) is 0 Å². The molecule has 1 aromatic carbocycles. The van der Waals surface area contributed by atoms with Crippen LogP contribution in [0.25, 0.3) is 0 Å². The Balaban J connectivity index is 2.30. The molecule has 2 rings (SSSR count). The molecule has 100 valence electrons. The summed E-state index contributed by atoms with van der Waals surface area (Å²) in [6.45, 7) is 6.71. The molecule has 0 saturated heterocycles. The zero-order chi connectivity index (χ0) is 13.9. The summed E-state index contributed by atoms with van der Waals surface area (Å²) in [7, 11) is 1.99. The van der Waals surface area contributed by atoms with Gasteiger partial charge in [0.1, 0.15) is 0 Å². The molecular formula is C17H22N2. The van der Waals surface area contributed by atoms with Gasteiger partial charge in [-0.3, -0.25) is 4.98 Å². The summed E-state index contributed by atoms with van der Waals surface area (Å²) in [5.41, 5.74) is 4.08. The number of hydrogen-bond acceptors (Lipinski definition) is 2. The molecule has 2 nitrogen and oxygen atoms in total. The fourth-order valence-corrected chi connectivity index (χ4v) is 2.26. The fraction of sp³-hybridized carbons (Fsp3) is 0.353. The Kier molecular flexibility index (Phi) is 4.01. The molecule has 0 aliphatic carbocycles. The smallest absolute Gasteiger partial charge is 0.0575 e. The number of benzene rings is 1. The Morgan fingerprint density at radius 2 is 1.42 bits per heavy atom. The highest BCUT2D eigenvalue weighted by atomic mass is 14.9. The lowest BCUT2D eigenvalue weighted by atomic mass is 9.86. The predicted octanol–water partition coefficient (Wildman–Crippen LogP) is 3.69. The number of hydrogen-bond donors (Lipinski definition) is 1. The monoisotopic (exact) mass is 254 g/mol. The summed E-state index contributed by atoms with van der Waals surface area (Å²) in [6.07, 6.45) is 3.67. The number of nitrogens with zero attached hydrogens (tertiary/aromatic N) is 1. The van der Waals surface area contributed by atoms with Crippen LogP contribution in [0.15, 0.2) is 48.8 Å². The van der Waals surface area contributed by atoms with Gasteiger partial charge in [-0.25, -0.2) is 0 Å². The third-order valence-corrected chi connectivity index (χ3v) is 3.44. The first kappa shape index (κ1) is 13.8. The van der Waals surface area contributed by atoms with Gasteiger partial charge in [0.05, 0.1) is 6.04 Å². The van der Waals surface area contributed by atoms with Crippen molar-refractivity contribution in [2.75, 3.05) is 7.05 Å². The molecule has 1 unspecified atom stereocenters. The van der Waals surface area contributed by atoms with Gasteiger partial charge in [0, 0.05) is 12.4 Å². The molecule has 1 N–H and O–H groups in total. The van der Waals surface area contributed by atoms with Gasteiger partial charge in [-0.1, -0.05) is 45.0 Å². The van der Waals surface area contributed by atoms with Gasteiger partial charge in [-0.05, 0) is 41.3 Å². The van der Waals surface area contributed by atoms with Crippen LogP contribution >= 0.6 is 0 Å². The van der Waals surface area contributed by atoms with E-state index in [1.54, 1.807) is 0 Å². The fourth-order valence-electron chi connectivity index (χ4n) is 2.26. The van der Waals surface area contributed by atoms with Gasteiger partial charge in [0.2, 0.25) is 0 Å². The van der Waals surface area contributed by atoms with Crippen LogP contribution in [-0.4, -0.2) is 12.0 Å². The molecule has 0 bridgehead atoms. The number of pyridine rings is 1. The standard InChI is InChI=1S/C17H22N2/c1-17(2,3)15-7-5-13(6-8-15)16(18-4)14-9-11-19-12-10-14/h5-12,16,18H,1-4H3. The molecular weight excluding hydrogens is 232 g/mol. The largest absolute Gasteiger partial charge is 0.309 e. The highest BCUT2D eigenvalue weighted by Crippen LogP contribution is 2.26. The van der Waals surface area contributed by atoms with Crippen molar-refractivity contribution in [3.63, 3.8) is 0 Å². The maximum atomic E-state index is 4.07. The Morgan fingerprint density at radius 3 is 1.89 bits per heavy atom. The van der Waals surface area contributed by atoms with Crippen LogP contribution in [0.4, 0.5) is 0 Å². The highest BCUT2D eigenvalue weighted by Gasteiger charge is 2.15. The summed E-state index contributed by atoms with van der Waals surface area (Å²) in [4.78, 5) is 4.07. The van der Waals surface area contributed by atoms with E-state index in [1.165, 1.54) is 16.7 Å². The predicted molar refractivity (Wildman–Crippen MR) is 80.3 cm³/mol. The molecule has 0 radical (unpaired) electrons.